The molecule has 0 heterocycles. The highest BCUT2D eigenvalue weighted by atomic mass is 19.4. The van der Waals surface area contributed by atoms with Gasteiger partial charge in [0.2, 0.25) is 5.91 Å². The van der Waals surface area contributed by atoms with Crippen molar-refractivity contribution in [2.45, 2.75) is 32.5 Å². The topological polar surface area (TPSA) is 72.2 Å². The molecule has 0 unspecified atom stereocenters. The second kappa shape index (κ2) is 6.60. The van der Waals surface area contributed by atoms with Gasteiger partial charge in [0.1, 0.15) is 6.04 Å². The lowest BCUT2D eigenvalue weighted by molar-refractivity contribution is -0.137. The van der Waals surface area contributed by atoms with E-state index in [1.807, 2.05) is 0 Å². The maximum Gasteiger partial charge on any atom is 0.417 e. The molecule has 0 bridgehead atoms. The minimum atomic E-state index is -4.65. The maximum atomic E-state index is 12.9. The lowest BCUT2D eigenvalue weighted by Crippen LogP contribution is -2.48. The van der Waals surface area contributed by atoms with Gasteiger partial charge in [-0.1, -0.05) is 32.4 Å². The third-order valence-electron chi connectivity index (χ3n) is 3.28. The highest BCUT2D eigenvalue weighted by molar-refractivity contribution is 5.98. The van der Waals surface area contributed by atoms with Crippen molar-refractivity contribution in [1.82, 2.24) is 5.32 Å². The third kappa shape index (κ3) is 4.21. The first-order valence-electron chi connectivity index (χ1n) is 6.44. The monoisotopic (exact) mass is 302 g/mol. The molecule has 1 aromatic carbocycles. The number of alkyl halides is 3. The van der Waals surface area contributed by atoms with Gasteiger partial charge in [0.15, 0.2) is 0 Å². The number of amides is 2. The van der Waals surface area contributed by atoms with Crippen LogP contribution in [0.15, 0.2) is 24.3 Å². The van der Waals surface area contributed by atoms with Crippen LogP contribution >= 0.6 is 0 Å². The number of carbonyl (C=O) groups is 2. The summed E-state index contributed by atoms with van der Waals surface area (Å²) in [6, 6.07) is 3.39. The van der Waals surface area contributed by atoms with Crippen molar-refractivity contribution in [2.24, 2.45) is 11.7 Å². The first-order valence-corrected chi connectivity index (χ1v) is 6.44. The first kappa shape index (κ1) is 17.0. The molecule has 0 spiro atoms. The Morgan fingerprint density at radius 2 is 1.86 bits per heavy atom. The van der Waals surface area contributed by atoms with E-state index in [0.29, 0.717) is 6.42 Å². The maximum absolute atomic E-state index is 12.9. The normalized spacial score (nSPS) is 14.3. The van der Waals surface area contributed by atoms with E-state index < -0.39 is 35.2 Å². The summed E-state index contributed by atoms with van der Waals surface area (Å²) in [7, 11) is 0. The summed E-state index contributed by atoms with van der Waals surface area (Å²) in [6.07, 6.45) is -4.10. The van der Waals surface area contributed by atoms with Gasteiger partial charge in [-0.3, -0.25) is 9.59 Å². The number of halogens is 3. The Balaban J connectivity index is 3.07. The van der Waals surface area contributed by atoms with E-state index in [0.717, 1.165) is 12.1 Å². The average Bonchev–Trinajstić information content (AvgIpc) is 2.42. The Morgan fingerprint density at radius 1 is 1.29 bits per heavy atom. The fraction of sp³-hybridized carbons (Fsp3) is 0.429. The fourth-order valence-corrected chi connectivity index (χ4v) is 1.88. The summed E-state index contributed by atoms with van der Waals surface area (Å²) in [5.74, 6) is -2.02. The van der Waals surface area contributed by atoms with Gasteiger partial charge in [0.25, 0.3) is 5.91 Å². The second-order valence-corrected chi connectivity index (χ2v) is 4.78. The number of hydrogen-bond donors (Lipinski definition) is 2. The lowest BCUT2D eigenvalue weighted by Gasteiger charge is -2.22. The number of primary amides is 1. The van der Waals surface area contributed by atoms with Crippen LogP contribution in [0.25, 0.3) is 0 Å². The Kier molecular flexibility index (Phi) is 5.34. The van der Waals surface area contributed by atoms with Crippen LogP contribution in [-0.4, -0.2) is 17.9 Å². The highest BCUT2D eigenvalue weighted by Gasteiger charge is 2.35. The Bertz CT molecular complexity index is 529. The summed E-state index contributed by atoms with van der Waals surface area (Å²) in [5, 5.41) is 2.28. The number of rotatable bonds is 5. The summed E-state index contributed by atoms with van der Waals surface area (Å²) < 4.78 is 38.6. The zero-order chi connectivity index (χ0) is 16.2. The van der Waals surface area contributed by atoms with Gasteiger partial charge >= 0.3 is 6.18 Å². The molecule has 7 heteroatoms. The van der Waals surface area contributed by atoms with E-state index in [1.165, 1.54) is 12.1 Å². The van der Waals surface area contributed by atoms with E-state index in [9.17, 15) is 22.8 Å². The van der Waals surface area contributed by atoms with Crippen LogP contribution in [0.5, 0.6) is 0 Å². The van der Waals surface area contributed by atoms with Crippen LogP contribution in [-0.2, 0) is 11.0 Å². The molecule has 0 aromatic heterocycles. The van der Waals surface area contributed by atoms with Crippen LogP contribution in [0.4, 0.5) is 13.2 Å². The molecular formula is C14H17F3N2O2. The number of hydrogen-bond acceptors (Lipinski definition) is 2. The molecule has 0 aliphatic carbocycles. The van der Waals surface area contributed by atoms with Crippen molar-refractivity contribution in [1.29, 1.82) is 0 Å². The Hall–Kier alpha value is -2.05. The van der Waals surface area contributed by atoms with Crippen LogP contribution in [0.2, 0.25) is 0 Å². The van der Waals surface area contributed by atoms with Crippen molar-refractivity contribution in [3.63, 3.8) is 0 Å². The molecule has 0 aliphatic rings. The van der Waals surface area contributed by atoms with Crippen LogP contribution in [0.3, 0.4) is 0 Å². The number of nitrogens with two attached hydrogens (primary N) is 1. The summed E-state index contributed by atoms with van der Waals surface area (Å²) in [5.41, 5.74) is 3.61. The minimum Gasteiger partial charge on any atom is -0.368 e. The standard InChI is InChI=1S/C14H17F3N2O2/c1-3-8(2)11(12(18)20)19-13(21)9-6-4-5-7-10(9)14(15,16)17/h4-8,11H,3H2,1-2H3,(H2,18,20)(H,19,21)/t8-,11+/m1/s1. The van der Waals surface area contributed by atoms with E-state index in [1.54, 1.807) is 13.8 Å². The lowest BCUT2D eigenvalue weighted by atomic mass is 9.97. The zero-order valence-corrected chi connectivity index (χ0v) is 11.7. The first-order chi connectivity index (χ1) is 9.68. The quantitative estimate of drug-likeness (QED) is 0.876. The van der Waals surface area contributed by atoms with Gasteiger partial charge in [0, 0.05) is 0 Å². The van der Waals surface area contributed by atoms with Crippen molar-refractivity contribution >= 4 is 11.8 Å². The molecule has 4 nitrogen and oxygen atoms in total. The van der Waals surface area contributed by atoms with Crippen molar-refractivity contribution in [2.75, 3.05) is 0 Å². The highest BCUT2D eigenvalue weighted by Crippen LogP contribution is 2.31. The molecule has 0 radical (unpaired) electrons. The molecule has 0 fully saturated rings. The van der Waals surface area contributed by atoms with Gasteiger partial charge in [0.05, 0.1) is 11.1 Å². The van der Waals surface area contributed by atoms with Gasteiger partial charge < -0.3 is 11.1 Å². The number of carbonyl (C=O) groups excluding carboxylic acids is 2. The molecule has 3 N–H and O–H groups in total. The van der Waals surface area contributed by atoms with Crippen LogP contribution in [0.1, 0.15) is 36.2 Å². The molecule has 2 amide bonds. The average molecular weight is 302 g/mol. The molecule has 2 atom stereocenters. The number of nitrogens with one attached hydrogen (secondary N) is 1. The molecule has 0 aliphatic heterocycles. The molecule has 0 saturated heterocycles. The van der Waals surface area contributed by atoms with Gasteiger partial charge in [-0.25, -0.2) is 0 Å². The van der Waals surface area contributed by atoms with E-state index in [-0.39, 0.29) is 5.92 Å². The van der Waals surface area contributed by atoms with E-state index in [2.05, 4.69) is 5.32 Å². The van der Waals surface area contributed by atoms with Gasteiger partial charge in [-0.15, -0.1) is 0 Å². The minimum absolute atomic E-state index is 0.274. The number of benzene rings is 1. The van der Waals surface area contributed by atoms with Crippen LogP contribution in [0, 0.1) is 5.92 Å². The Labute approximate surface area is 120 Å². The smallest absolute Gasteiger partial charge is 0.368 e. The van der Waals surface area contributed by atoms with Gasteiger partial charge in [-0.2, -0.15) is 13.2 Å². The predicted octanol–water partition coefficient (Wildman–Crippen LogP) is 2.34. The Morgan fingerprint density at radius 3 is 2.33 bits per heavy atom. The molecule has 1 aromatic rings. The molecule has 116 valence electrons. The SMILES string of the molecule is CC[C@@H](C)[C@H](NC(=O)c1ccccc1C(F)(F)F)C(N)=O. The molecule has 1 rings (SSSR count). The third-order valence-corrected chi connectivity index (χ3v) is 3.28. The van der Waals surface area contributed by atoms with E-state index >= 15 is 0 Å². The van der Waals surface area contributed by atoms with Crippen molar-refractivity contribution in [3.05, 3.63) is 35.4 Å². The van der Waals surface area contributed by atoms with Gasteiger partial charge in [-0.05, 0) is 18.1 Å². The molecule has 0 saturated carbocycles. The molecule has 21 heavy (non-hydrogen) atoms. The summed E-state index contributed by atoms with van der Waals surface area (Å²) in [4.78, 5) is 23.4. The largest absolute Gasteiger partial charge is 0.417 e. The zero-order valence-electron chi connectivity index (χ0n) is 11.7. The second-order valence-electron chi connectivity index (χ2n) is 4.78. The molecular weight excluding hydrogens is 285 g/mol. The summed E-state index contributed by atoms with van der Waals surface area (Å²) >= 11 is 0. The van der Waals surface area contributed by atoms with Crippen LogP contribution < -0.4 is 11.1 Å². The van der Waals surface area contributed by atoms with Crippen molar-refractivity contribution < 1.29 is 22.8 Å². The van der Waals surface area contributed by atoms with Crippen molar-refractivity contribution in [3.8, 4) is 0 Å². The van der Waals surface area contributed by atoms with E-state index in [4.69, 9.17) is 5.73 Å². The predicted molar refractivity (Wildman–Crippen MR) is 71.3 cm³/mol. The fourth-order valence-electron chi connectivity index (χ4n) is 1.88. The summed E-state index contributed by atoms with van der Waals surface area (Å²) in [6.45, 7) is 3.47.